The summed E-state index contributed by atoms with van der Waals surface area (Å²) in [6.45, 7) is 5.59. The number of carbonyl (C=O) groups excluding carboxylic acids is 1. The minimum Gasteiger partial charge on any atom is -0.480 e. The van der Waals surface area contributed by atoms with Crippen molar-refractivity contribution in [2.45, 2.75) is 19.8 Å². The number of amides is 2. The number of urea groups is 1. The Labute approximate surface area is 101 Å². The van der Waals surface area contributed by atoms with E-state index in [4.69, 9.17) is 5.11 Å². The van der Waals surface area contributed by atoms with Gasteiger partial charge in [0.15, 0.2) is 0 Å². The van der Waals surface area contributed by atoms with Gasteiger partial charge in [-0.05, 0) is 31.8 Å². The quantitative estimate of drug-likeness (QED) is 0.618. The third-order valence-electron chi connectivity index (χ3n) is 2.78. The molecule has 1 saturated heterocycles. The molecule has 1 heterocycles. The molecular formula is C11H21N3O3. The van der Waals surface area contributed by atoms with E-state index in [-0.39, 0.29) is 6.54 Å². The third-order valence-corrected chi connectivity index (χ3v) is 2.78. The minimum absolute atomic E-state index is 0.341. The van der Waals surface area contributed by atoms with Crippen LogP contribution in [-0.4, -0.2) is 54.7 Å². The smallest absolute Gasteiger partial charge is 0.323 e. The summed E-state index contributed by atoms with van der Waals surface area (Å²) >= 11 is 0. The van der Waals surface area contributed by atoms with Crippen molar-refractivity contribution in [3.8, 4) is 0 Å². The minimum atomic E-state index is -1.04. The molecule has 1 fully saturated rings. The van der Waals surface area contributed by atoms with Crippen LogP contribution in [0.1, 0.15) is 19.8 Å². The molecule has 1 unspecified atom stereocenters. The summed E-state index contributed by atoms with van der Waals surface area (Å²) in [6.07, 6.45) is 2.53. The molecule has 0 radical (unpaired) electrons. The molecule has 98 valence electrons. The predicted octanol–water partition coefficient (Wildman–Crippen LogP) is 0.102. The number of aliphatic carboxylic acids is 1. The maximum absolute atomic E-state index is 11.2. The topological polar surface area (TPSA) is 81.7 Å². The van der Waals surface area contributed by atoms with Gasteiger partial charge >= 0.3 is 12.0 Å². The first-order valence-corrected chi connectivity index (χ1v) is 6.04. The third kappa shape index (κ3) is 6.11. The molecule has 0 aromatic carbocycles. The van der Waals surface area contributed by atoms with Crippen LogP contribution in [0.25, 0.3) is 0 Å². The Morgan fingerprint density at radius 1 is 1.29 bits per heavy atom. The maximum Gasteiger partial charge on any atom is 0.323 e. The first-order chi connectivity index (χ1) is 8.08. The van der Waals surface area contributed by atoms with E-state index in [1.807, 2.05) is 0 Å². The summed E-state index contributed by atoms with van der Waals surface area (Å²) in [5.41, 5.74) is 0. The number of nitrogens with one attached hydrogen (secondary N) is 2. The summed E-state index contributed by atoms with van der Waals surface area (Å²) in [6, 6.07) is -0.416. The van der Waals surface area contributed by atoms with Gasteiger partial charge in [0, 0.05) is 13.1 Å². The average Bonchev–Trinajstić information content (AvgIpc) is 2.76. The van der Waals surface area contributed by atoms with Crippen LogP contribution >= 0.6 is 0 Å². The van der Waals surface area contributed by atoms with E-state index in [0.717, 1.165) is 19.6 Å². The SMILES string of the molecule is CC(CNC(=O)NCC(=O)O)CN1CCCC1. The van der Waals surface area contributed by atoms with E-state index >= 15 is 0 Å². The van der Waals surface area contributed by atoms with Crippen molar-refractivity contribution in [2.75, 3.05) is 32.7 Å². The first-order valence-electron chi connectivity index (χ1n) is 6.04. The largest absolute Gasteiger partial charge is 0.480 e. The number of likely N-dealkylation sites (tertiary alicyclic amines) is 1. The van der Waals surface area contributed by atoms with Crippen molar-refractivity contribution in [3.63, 3.8) is 0 Å². The lowest BCUT2D eigenvalue weighted by Gasteiger charge is -2.20. The van der Waals surface area contributed by atoms with Crippen LogP contribution in [0.15, 0.2) is 0 Å². The summed E-state index contributed by atoms with van der Waals surface area (Å²) < 4.78 is 0. The van der Waals surface area contributed by atoms with Crippen molar-refractivity contribution in [1.82, 2.24) is 15.5 Å². The van der Waals surface area contributed by atoms with Crippen LogP contribution in [-0.2, 0) is 4.79 Å². The van der Waals surface area contributed by atoms with Gasteiger partial charge in [-0.3, -0.25) is 4.79 Å². The van der Waals surface area contributed by atoms with Gasteiger partial charge in [0.2, 0.25) is 0 Å². The summed E-state index contributed by atoms with van der Waals surface area (Å²) in [5, 5.41) is 13.3. The lowest BCUT2D eigenvalue weighted by Crippen LogP contribution is -2.41. The Hall–Kier alpha value is -1.30. The van der Waals surface area contributed by atoms with Crippen LogP contribution in [0.2, 0.25) is 0 Å². The lowest BCUT2D eigenvalue weighted by atomic mass is 10.1. The monoisotopic (exact) mass is 243 g/mol. The van der Waals surface area contributed by atoms with Gasteiger partial charge in [-0.15, -0.1) is 0 Å². The molecule has 17 heavy (non-hydrogen) atoms. The van der Waals surface area contributed by atoms with E-state index in [2.05, 4.69) is 22.5 Å². The van der Waals surface area contributed by atoms with Crippen molar-refractivity contribution in [2.24, 2.45) is 5.92 Å². The highest BCUT2D eigenvalue weighted by Crippen LogP contribution is 2.09. The molecule has 2 amide bonds. The van der Waals surface area contributed by atoms with Gasteiger partial charge in [0.25, 0.3) is 0 Å². The molecule has 0 saturated carbocycles. The maximum atomic E-state index is 11.2. The standard InChI is InChI=1S/C11H21N3O3/c1-9(8-14-4-2-3-5-14)6-12-11(17)13-7-10(15)16/h9H,2-8H2,1H3,(H,15,16)(H2,12,13,17). The summed E-state index contributed by atoms with van der Waals surface area (Å²) in [5.74, 6) is -0.658. The zero-order chi connectivity index (χ0) is 12.7. The molecule has 0 spiro atoms. The molecule has 1 aliphatic rings. The highest BCUT2D eigenvalue weighted by molar-refractivity contribution is 5.79. The Morgan fingerprint density at radius 3 is 2.53 bits per heavy atom. The fraction of sp³-hybridized carbons (Fsp3) is 0.818. The second kappa shape index (κ2) is 7.11. The van der Waals surface area contributed by atoms with Crippen LogP contribution in [0.5, 0.6) is 0 Å². The van der Waals surface area contributed by atoms with Crippen molar-refractivity contribution < 1.29 is 14.7 Å². The van der Waals surface area contributed by atoms with E-state index in [0.29, 0.717) is 12.5 Å². The normalized spacial score (nSPS) is 17.7. The zero-order valence-corrected chi connectivity index (χ0v) is 10.2. The highest BCUT2D eigenvalue weighted by atomic mass is 16.4. The molecule has 0 aromatic rings. The Balaban J connectivity index is 2.07. The Kier molecular flexibility index (Phi) is 5.76. The van der Waals surface area contributed by atoms with Crippen LogP contribution in [0.4, 0.5) is 4.79 Å². The van der Waals surface area contributed by atoms with Crippen LogP contribution in [0.3, 0.4) is 0 Å². The summed E-state index contributed by atoms with van der Waals surface area (Å²) in [4.78, 5) is 23.8. The van der Waals surface area contributed by atoms with E-state index in [1.54, 1.807) is 0 Å². The molecule has 1 rings (SSSR count). The Morgan fingerprint density at radius 2 is 1.94 bits per heavy atom. The van der Waals surface area contributed by atoms with Crippen molar-refractivity contribution in [1.29, 1.82) is 0 Å². The van der Waals surface area contributed by atoms with Crippen LogP contribution < -0.4 is 10.6 Å². The van der Waals surface area contributed by atoms with Gasteiger partial charge in [-0.2, -0.15) is 0 Å². The van der Waals surface area contributed by atoms with Crippen molar-refractivity contribution in [3.05, 3.63) is 0 Å². The van der Waals surface area contributed by atoms with Crippen molar-refractivity contribution >= 4 is 12.0 Å². The zero-order valence-electron chi connectivity index (χ0n) is 10.2. The molecule has 1 atom stereocenters. The highest BCUT2D eigenvalue weighted by Gasteiger charge is 2.15. The molecule has 6 nitrogen and oxygen atoms in total. The second-order valence-corrected chi connectivity index (χ2v) is 4.57. The first kappa shape index (κ1) is 13.8. The molecule has 0 bridgehead atoms. The average molecular weight is 243 g/mol. The second-order valence-electron chi connectivity index (χ2n) is 4.57. The number of rotatable bonds is 6. The van der Waals surface area contributed by atoms with Gasteiger partial charge in [-0.1, -0.05) is 6.92 Å². The van der Waals surface area contributed by atoms with Gasteiger partial charge in [0.1, 0.15) is 6.54 Å². The van der Waals surface area contributed by atoms with E-state index < -0.39 is 12.0 Å². The van der Waals surface area contributed by atoms with E-state index in [1.165, 1.54) is 12.8 Å². The number of hydrogen-bond donors (Lipinski definition) is 3. The number of carboxylic acid groups (broad SMARTS) is 1. The van der Waals surface area contributed by atoms with Gasteiger partial charge in [-0.25, -0.2) is 4.79 Å². The molecule has 0 aromatic heterocycles. The predicted molar refractivity (Wildman–Crippen MR) is 63.9 cm³/mol. The molecule has 1 aliphatic heterocycles. The van der Waals surface area contributed by atoms with Gasteiger partial charge < -0.3 is 20.6 Å². The van der Waals surface area contributed by atoms with Gasteiger partial charge in [0.05, 0.1) is 0 Å². The molecular weight excluding hydrogens is 222 g/mol. The number of carboxylic acids is 1. The Bertz CT molecular complexity index is 265. The number of nitrogens with zero attached hydrogens (tertiary/aromatic N) is 1. The molecule has 3 N–H and O–H groups in total. The van der Waals surface area contributed by atoms with Crippen LogP contribution in [0, 0.1) is 5.92 Å². The molecule has 6 heteroatoms. The lowest BCUT2D eigenvalue weighted by molar-refractivity contribution is -0.135. The molecule has 0 aliphatic carbocycles. The fourth-order valence-corrected chi connectivity index (χ4v) is 1.96. The van der Waals surface area contributed by atoms with E-state index in [9.17, 15) is 9.59 Å². The number of hydrogen-bond acceptors (Lipinski definition) is 3. The fourth-order valence-electron chi connectivity index (χ4n) is 1.96. The summed E-state index contributed by atoms with van der Waals surface area (Å²) in [7, 11) is 0. The number of carbonyl (C=O) groups is 2.